The molecule has 4 unspecified atom stereocenters. The fraction of sp³-hybridized carbons (Fsp3) is 0.308. The summed E-state index contributed by atoms with van der Waals surface area (Å²) in [6.07, 6.45) is -3.60. The molecule has 176 valence electrons. The molecule has 8 heteroatoms. The van der Waals surface area contributed by atoms with Crippen LogP contribution in [0.25, 0.3) is 10.8 Å². The average Bonchev–Trinajstić information content (AvgIpc) is 2.80. The van der Waals surface area contributed by atoms with Crippen LogP contribution in [-0.2, 0) is 4.74 Å². The highest BCUT2D eigenvalue weighted by atomic mass is 16.5. The molecule has 0 aromatic heterocycles. The van der Waals surface area contributed by atoms with Crippen LogP contribution < -0.4 is 4.74 Å². The van der Waals surface area contributed by atoms with Gasteiger partial charge >= 0.3 is 0 Å². The highest BCUT2D eigenvalue weighted by Gasteiger charge is 2.40. The number of phenolic OH excluding ortho intramolecular Hbond substituents is 2. The number of hydrogen-bond acceptors (Lipinski definition) is 8. The zero-order chi connectivity index (χ0) is 24.5. The molecule has 4 atom stereocenters. The number of fused-ring (bicyclic) bond motifs is 3. The predicted molar refractivity (Wildman–Crippen MR) is 122 cm³/mol. The summed E-state index contributed by atoms with van der Waals surface area (Å²) in [6, 6.07) is 7.85. The number of methoxy groups -OCH3 is 1. The summed E-state index contributed by atoms with van der Waals surface area (Å²) < 4.78 is 11.2. The Labute approximate surface area is 195 Å². The Morgan fingerprint density at radius 2 is 1.62 bits per heavy atom. The number of ether oxygens (including phenoxy) is 2. The number of aliphatic hydroxyl groups excluding tert-OH is 2. The summed E-state index contributed by atoms with van der Waals surface area (Å²) >= 11 is 0. The fourth-order valence-electron chi connectivity index (χ4n) is 4.99. The smallest absolute Gasteiger partial charge is 0.198 e. The third kappa shape index (κ3) is 3.10. The van der Waals surface area contributed by atoms with E-state index in [-0.39, 0.29) is 40.0 Å². The van der Waals surface area contributed by atoms with Crippen molar-refractivity contribution in [1.29, 1.82) is 0 Å². The van der Waals surface area contributed by atoms with Crippen LogP contribution in [0.15, 0.2) is 30.3 Å². The van der Waals surface area contributed by atoms with E-state index in [9.17, 15) is 30.0 Å². The van der Waals surface area contributed by atoms with Gasteiger partial charge in [0, 0.05) is 33.9 Å². The van der Waals surface area contributed by atoms with Gasteiger partial charge in [-0.2, -0.15) is 0 Å². The molecule has 0 saturated carbocycles. The van der Waals surface area contributed by atoms with Gasteiger partial charge in [0.2, 0.25) is 0 Å². The molecule has 5 rings (SSSR count). The van der Waals surface area contributed by atoms with Crippen molar-refractivity contribution in [3.05, 3.63) is 63.7 Å². The Kier molecular flexibility index (Phi) is 5.12. The van der Waals surface area contributed by atoms with E-state index in [2.05, 4.69) is 0 Å². The average molecular weight is 464 g/mol. The van der Waals surface area contributed by atoms with Crippen LogP contribution in [0, 0.1) is 6.92 Å². The number of benzene rings is 3. The van der Waals surface area contributed by atoms with Crippen molar-refractivity contribution < 1.29 is 39.5 Å². The lowest BCUT2D eigenvalue weighted by Crippen LogP contribution is -2.44. The quantitative estimate of drug-likeness (QED) is 0.356. The first kappa shape index (κ1) is 22.3. The fourth-order valence-corrected chi connectivity index (χ4v) is 4.99. The number of aryl methyl sites for hydroxylation is 1. The summed E-state index contributed by atoms with van der Waals surface area (Å²) in [6.45, 7) is 3.43. The van der Waals surface area contributed by atoms with Gasteiger partial charge in [-0.3, -0.25) is 9.59 Å². The topological polar surface area (TPSA) is 134 Å². The Morgan fingerprint density at radius 3 is 2.29 bits per heavy atom. The molecule has 0 amide bonds. The highest BCUT2D eigenvalue weighted by Crippen LogP contribution is 2.45. The Bertz CT molecular complexity index is 1360. The zero-order valence-corrected chi connectivity index (χ0v) is 18.8. The van der Waals surface area contributed by atoms with E-state index in [1.807, 2.05) is 6.92 Å². The van der Waals surface area contributed by atoms with Gasteiger partial charge < -0.3 is 29.9 Å². The van der Waals surface area contributed by atoms with Crippen LogP contribution in [0.4, 0.5) is 0 Å². The van der Waals surface area contributed by atoms with Crippen molar-refractivity contribution in [3.8, 4) is 17.2 Å². The van der Waals surface area contributed by atoms with E-state index >= 15 is 0 Å². The van der Waals surface area contributed by atoms with Gasteiger partial charge in [-0.1, -0.05) is 6.07 Å². The molecule has 3 aromatic carbocycles. The third-order valence-corrected chi connectivity index (χ3v) is 6.77. The largest absolute Gasteiger partial charge is 0.507 e. The van der Waals surface area contributed by atoms with E-state index in [1.54, 1.807) is 19.1 Å². The summed E-state index contributed by atoms with van der Waals surface area (Å²) in [4.78, 5) is 26.9. The van der Waals surface area contributed by atoms with E-state index in [0.717, 1.165) is 5.56 Å². The van der Waals surface area contributed by atoms with E-state index in [0.29, 0.717) is 16.5 Å². The van der Waals surface area contributed by atoms with Gasteiger partial charge in [-0.15, -0.1) is 0 Å². The van der Waals surface area contributed by atoms with Crippen LogP contribution in [0.2, 0.25) is 0 Å². The Morgan fingerprint density at radius 1 is 0.941 bits per heavy atom. The number of rotatable bonds is 2. The van der Waals surface area contributed by atoms with Gasteiger partial charge in [-0.25, -0.2) is 0 Å². The second kappa shape index (κ2) is 7.80. The molecular formula is C26H24O8. The van der Waals surface area contributed by atoms with Crippen LogP contribution >= 0.6 is 0 Å². The Hall–Kier alpha value is -3.46. The predicted octanol–water partition coefficient (Wildman–Crippen LogP) is 2.92. The first-order valence-electron chi connectivity index (χ1n) is 10.9. The zero-order valence-electron chi connectivity index (χ0n) is 18.8. The number of hydrogen-bond donors (Lipinski definition) is 4. The molecule has 1 heterocycles. The van der Waals surface area contributed by atoms with Crippen LogP contribution in [0.5, 0.6) is 17.2 Å². The number of carbonyl (C=O) groups excluding carboxylic acids is 2. The maximum Gasteiger partial charge on any atom is 0.198 e. The first-order chi connectivity index (χ1) is 16.1. The van der Waals surface area contributed by atoms with Gasteiger partial charge in [0.1, 0.15) is 23.4 Å². The first-order valence-corrected chi connectivity index (χ1v) is 10.9. The molecule has 8 nitrogen and oxygen atoms in total. The standard InChI is InChI=1S/C26H24O8/c1-10-6-15-14(18(7-10)33-3)8-16-21(25(15)31)24(30)13-5-4-12(23(29)20(13)26(16)32)19-9-17(27)22(28)11(2)34-19/h4-8,11,17,19,22,27-29,31H,9H2,1-3H3. The number of carbonyl (C=O) groups is 2. The van der Waals surface area contributed by atoms with Crippen molar-refractivity contribution in [2.24, 2.45) is 0 Å². The molecule has 1 aliphatic carbocycles. The maximum absolute atomic E-state index is 13.6. The molecular weight excluding hydrogens is 440 g/mol. The van der Waals surface area contributed by atoms with Crippen LogP contribution in [0.1, 0.15) is 62.4 Å². The number of phenols is 2. The summed E-state index contributed by atoms with van der Waals surface area (Å²) in [5, 5.41) is 43.0. The van der Waals surface area contributed by atoms with Crippen molar-refractivity contribution in [3.63, 3.8) is 0 Å². The van der Waals surface area contributed by atoms with E-state index in [4.69, 9.17) is 9.47 Å². The lowest BCUT2D eigenvalue weighted by molar-refractivity contribution is -0.163. The minimum atomic E-state index is -1.07. The molecule has 4 N–H and O–H groups in total. The highest BCUT2D eigenvalue weighted by molar-refractivity contribution is 6.32. The maximum atomic E-state index is 13.6. The van der Waals surface area contributed by atoms with Gasteiger partial charge in [0.15, 0.2) is 11.6 Å². The molecule has 0 spiro atoms. The summed E-state index contributed by atoms with van der Waals surface area (Å²) in [5.74, 6) is -1.50. The second-order valence-electron chi connectivity index (χ2n) is 8.92. The molecule has 1 saturated heterocycles. The number of ketones is 2. The summed E-state index contributed by atoms with van der Waals surface area (Å²) in [5.41, 5.74) is 0.677. The lowest BCUT2D eigenvalue weighted by Gasteiger charge is -2.36. The van der Waals surface area contributed by atoms with E-state index in [1.165, 1.54) is 25.3 Å². The van der Waals surface area contributed by atoms with Gasteiger partial charge in [0.05, 0.1) is 36.5 Å². The molecule has 0 radical (unpaired) electrons. The normalized spacial score (nSPS) is 24.1. The number of aliphatic hydroxyl groups is 2. The number of aromatic hydroxyl groups is 2. The molecule has 3 aromatic rings. The third-order valence-electron chi connectivity index (χ3n) is 6.77. The minimum absolute atomic E-state index is 0.0125. The molecule has 34 heavy (non-hydrogen) atoms. The Balaban J connectivity index is 1.69. The monoisotopic (exact) mass is 464 g/mol. The van der Waals surface area contributed by atoms with Crippen molar-refractivity contribution in [1.82, 2.24) is 0 Å². The van der Waals surface area contributed by atoms with Crippen molar-refractivity contribution in [2.75, 3.05) is 7.11 Å². The van der Waals surface area contributed by atoms with Gasteiger partial charge in [-0.05, 0) is 43.7 Å². The molecule has 2 aliphatic rings. The molecule has 0 bridgehead atoms. The van der Waals surface area contributed by atoms with Crippen LogP contribution in [-0.4, -0.2) is 57.4 Å². The van der Waals surface area contributed by atoms with Crippen molar-refractivity contribution in [2.45, 2.75) is 44.7 Å². The summed E-state index contributed by atoms with van der Waals surface area (Å²) in [7, 11) is 1.47. The lowest BCUT2D eigenvalue weighted by atomic mass is 9.79. The van der Waals surface area contributed by atoms with E-state index < -0.39 is 41.7 Å². The second-order valence-corrected chi connectivity index (χ2v) is 8.92. The minimum Gasteiger partial charge on any atom is -0.507 e. The van der Waals surface area contributed by atoms with Crippen molar-refractivity contribution >= 4 is 22.3 Å². The van der Waals surface area contributed by atoms with Gasteiger partial charge in [0.25, 0.3) is 0 Å². The van der Waals surface area contributed by atoms with Crippen LogP contribution in [0.3, 0.4) is 0 Å². The molecule has 1 aliphatic heterocycles. The SMILES string of the molecule is COc1cc(C)cc2c(O)c3c(cc12)C(=O)c1c(ccc(C2CC(O)C(O)C(C)O2)c1O)C3=O. The molecule has 1 fully saturated rings.